The number of carbonyl (C=O) groups is 1. The molecule has 0 aliphatic carbocycles. The molecular formula is C8H12O3. The summed E-state index contributed by atoms with van der Waals surface area (Å²) in [6.45, 7) is 5.94. The lowest BCUT2D eigenvalue weighted by Gasteiger charge is -2.18. The van der Waals surface area contributed by atoms with Crippen LogP contribution in [-0.2, 0) is 9.47 Å². The van der Waals surface area contributed by atoms with Crippen molar-refractivity contribution in [2.75, 3.05) is 6.61 Å². The zero-order valence-electron chi connectivity index (χ0n) is 6.63. The second-order valence-electron chi connectivity index (χ2n) is 2.66. The summed E-state index contributed by atoms with van der Waals surface area (Å²) in [5.41, 5.74) is -0.550. The molecule has 3 nitrogen and oxygen atoms in total. The molecule has 0 aromatic rings. The lowest BCUT2D eigenvalue weighted by molar-refractivity contribution is 0.0840. The molecule has 0 amide bonds. The summed E-state index contributed by atoms with van der Waals surface area (Å²) >= 11 is 0. The predicted octanol–water partition coefficient (Wildman–Crippen LogP) is 1.88. The maximum atomic E-state index is 10.6. The Balaban J connectivity index is 2.61. The van der Waals surface area contributed by atoms with Crippen LogP contribution in [0, 0.1) is 0 Å². The number of hydrogen-bond donors (Lipinski definition) is 0. The third kappa shape index (κ3) is 1.53. The van der Waals surface area contributed by atoms with Gasteiger partial charge < -0.3 is 9.47 Å². The Hall–Kier alpha value is -0.990. The minimum Gasteiger partial charge on any atom is -0.430 e. The Morgan fingerprint density at radius 1 is 1.82 bits per heavy atom. The van der Waals surface area contributed by atoms with Crippen LogP contribution in [0.2, 0.25) is 0 Å². The van der Waals surface area contributed by atoms with Gasteiger partial charge in [-0.25, -0.2) is 4.79 Å². The molecule has 1 unspecified atom stereocenters. The fourth-order valence-corrected chi connectivity index (χ4v) is 1.16. The van der Waals surface area contributed by atoms with Crippen LogP contribution in [0.5, 0.6) is 0 Å². The molecule has 1 saturated heterocycles. The number of hydrogen-bond acceptors (Lipinski definition) is 3. The molecule has 1 atom stereocenters. The van der Waals surface area contributed by atoms with Crippen molar-refractivity contribution < 1.29 is 14.3 Å². The largest absolute Gasteiger partial charge is 0.509 e. The second kappa shape index (κ2) is 2.95. The van der Waals surface area contributed by atoms with Gasteiger partial charge in [0.05, 0.1) is 0 Å². The summed E-state index contributed by atoms with van der Waals surface area (Å²) in [6, 6.07) is 0. The fraction of sp³-hybridized carbons (Fsp3) is 0.625. The Morgan fingerprint density at radius 2 is 2.55 bits per heavy atom. The first-order chi connectivity index (χ1) is 5.22. The van der Waals surface area contributed by atoms with E-state index in [2.05, 4.69) is 11.3 Å². The molecule has 3 heteroatoms. The quantitative estimate of drug-likeness (QED) is 0.462. The van der Waals surface area contributed by atoms with Crippen molar-refractivity contribution in [2.45, 2.75) is 25.4 Å². The maximum Gasteiger partial charge on any atom is 0.509 e. The van der Waals surface area contributed by atoms with Gasteiger partial charge >= 0.3 is 6.16 Å². The van der Waals surface area contributed by atoms with Gasteiger partial charge in [0.15, 0.2) is 5.60 Å². The molecule has 1 heterocycles. The molecule has 0 saturated carbocycles. The summed E-state index contributed by atoms with van der Waals surface area (Å²) in [6.07, 6.45) is 2.78. The lowest BCUT2D eigenvalue weighted by atomic mass is 10.00. The maximum absolute atomic E-state index is 10.6. The molecule has 0 aromatic heterocycles. The van der Waals surface area contributed by atoms with Crippen LogP contribution >= 0.6 is 0 Å². The number of carbonyl (C=O) groups excluding carboxylic acids is 1. The molecule has 11 heavy (non-hydrogen) atoms. The monoisotopic (exact) mass is 156 g/mol. The molecule has 0 bridgehead atoms. The van der Waals surface area contributed by atoms with Crippen LogP contribution in [0.25, 0.3) is 0 Å². The highest BCUT2D eigenvalue weighted by Crippen LogP contribution is 2.26. The van der Waals surface area contributed by atoms with Gasteiger partial charge in [-0.1, -0.05) is 19.9 Å². The highest BCUT2D eigenvalue weighted by Gasteiger charge is 2.38. The highest BCUT2D eigenvalue weighted by atomic mass is 16.8. The van der Waals surface area contributed by atoms with Gasteiger partial charge in [-0.2, -0.15) is 0 Å². The van der Waals surface area contributed by atoms with E-state index in [9.17, 15) is 4.79 Å². The van der Waals surface area contributed by atoms with Gasteiger partial charge in [-0.15, -0.1) is 0 Å². The van der Waals surface area contributed by atoms with Gasteiger partial charge in [0.25, 0.3) is 0 Å². The smallest absolute Gasteiger partial charge is 0.430 e. The van der Waals surface area contributed by atoms with Crippen molar-refractivity contribution in [2.24, 2.45) is 0 Å². The molecular weight excluding hydrogens is 144 g/mol. The van der Waals surface area contributed by atoms with Crippen LogP contribution in [0.15, 0.2) is 12.7 Å². The average Bonchev–Trinajstić information content (AvgIpc) is 2.34. The van der Waals surface area contributed by atoms with E-state index in [-0.39, 0.29) is 0 Å². The van der Waals surface area contributed by atoms with E-state index in [1.54, 1.807) is 6.08 Å². The topological polar surface area (TPSA) is 35.5 Å². The van der Waals surface area contributed by atoms with Crippen LogP contribution in [-0.4, -0.2) is 18.4 Å². The van der Waals surface area contributed by atoms with E-state index in [1.807, 2.05) is 6.92 Å². The Bertz CT molecular complexity index is 176. The lowest BCUT2D eigenvalue weighted by Crippen LogP contribution is -2.28. The first-order valence-electron chi connectivity index (χ1n) is 3.72. The second-order valence-corrected chi connectivity index (χ2v) is 2.66. The van der Waals surface area contributed by atoms with Gasteiger partial charge in [-0.3, -0.25) is 0 Å². The van der Waals surface area contributed by atoms with Crippen LogP contribution in [0.3, 0.4) is 0 Å². The van der Waals surface area contributed by atoms with Crippen molar-refractivity contribution in [3.63, 3.8) is 0 Å². The van der Waals surface area contributed by atoms with E-state index in [0.29, 0.717) is 6.61 Å². The Labute approximate surface area is 66.0 Å². The highest BCUT2D eigenvalue weighted by molar-refractivity contribution is 5.63. The minimum absolute atomic E-state index is 0.309. The Kier molecular flexibility index (Phi) is 2.17. The van der Waals surface area contributed by atoms with Gasteiger partial charge in [-0.05, 0) is 12.5 Å². The zero-order valence-corrected chi connectivity index (χ0v) is 6.63. The summed E-state index contributed by atoms with van der Waals surface area (Å²) in [7, 11) is 0. The van der Waals surface area contributed by atoms with E-state index >= 15 is 0 Å². The van der Waals surface area contributed by atoms with Crippen molar-refractivity contribution in [3.8, 4) is 0 Å². The van der Waals surface area contributed by atoms with E-state index in [0.717, 1.165) is 12.8 Å². The third-order valence-corrected chi connectivity index (χ3v) is 1.77. The van der Waals surface area contributed by atoms with Crippen molar-refractivity contribution in [1.29, 1.82) is 0 Å². The van der Waals surface area contributed by atoms with Gasteiger partial charge in [0, 0.05) is 0 Å². The van der Waals surface area contributed by atoms with E-state index in [1.165, 1.54) is 0 Å². The summed E-state index contributed by atoms with van der Waals surface area (Å²) in [5.74, 6) is 0. The van der Waals surface area contributed by atoms with E-state index in [4.69, 9.17) is 4.74 Å². The molecule has 0 radical (unpaired) electrons. The molecule has 1 aliphatic heterocycles. The number of cyclic esters (lactones) is 2. The summed E-state index contributed by atoms with van der Waals surface area (Å²) < 4.78 is 9.64. The molecule has 0 aromatic carbocycles. The minimum atomic E-state index is -0.585. The predicted molar refractivity (Wildman–Crippen MR) is 40.3 cm³/mol. The standard InChI is InChI=1S/C8H12O3/c1-3-5-8(4-2)6-10-7(9)11-8/h4H,2-3,5-6H2,1H3. The normalized spacial score (nSPS) is 29.4. The van der Waals surface area contributed by atoms with Crippen LogP contribution < -0.4 is 0 Å². The molecule has 62 valence electrons. The van der Waals surface area contributed by atoms with Crippen molar-refractivity contribution >= 4 is 6.16 Å². The first kappa shape index (κ1) is 8.11. The van der Waals surface area contributed by atoms with Crippen LogP contribution in [0.1, 0.15) is 19.8 Å². The molecule has 0 N–H and O–H groups in total. The Morgan fingerprint density at radius 3 is 2.91 bits per heavy atom. The summed E-state index contributed by atoms with van der Waals surface area (Å²) in [5, 5.41) is 0. The van der Waals surface area contributed by atoms with Crippen LogP contribution in [0.4, 0.5) is 4.79 Å². The SMILES string of the molecule is C=CC1(CCC)COC(=O)O1. The van der Waals surface area contributed by atoms with E-state index < -0.39 is 11.8 Å². The van der Waals surface area contributed by atoms with Gasteiger partial charge in [0.2, 0.25) is 0 Å². The molecule has 1 aliphatic rings. The molecule has 1 rings (SSSR count). The van der Waals surface area contributed by atoms with Gasteiger partial charge in [0.1, 0.15) is 6.61 Å². The average molecular weight is 156 g/mol. The third-order valence-electron chi connectivity index (χ3n) is 1.77. The number of ether oxygens (including phenoxy) is 2. The fourth-order valence-electron chi connectivity index (χ4n) is 1.16. The molecule has 1 fully saturated rings. The van der Waals surface area contributed by atoms with Crippen molar-refractivity contribution in [3.05, 3.63) is 12.7 Å². The zero-order chi connectivity index (χ0) is 8.32. The first-order valence-corrected chi connectivity index (χ1v) is 3.72. The van der Waals surface area contributed by atoms with Crippen molar-refractivity contribution in [1.82, 2.24) is 0 Å². The molecule has 0 spiro atoms. The number of rotatable bonds is 3. The summed E-state index contributed by atoms with van der Waals surface area (Å²) in [4.78, 5) is 10.6.